The molecule has 1 N–H and O–H groups in total. The van der Waals surface area contributed by atoms with Gasteiger partial charge in [0.2, 0.25) is 0 Å². The molecule has 21 heavy (non-hydrogen) atoms. The van der Waals surface area contributed by atoms with Crippen LogP contribution in [0.15, 0.2) is 0 Å². The summed E-state index contributed by atoms with van der Waals surface area (Å²) in [4.78, 5) is 3.41. The second-order valence-electron chi connectivity index (χ2n) is 6.17. The summed E-state index contributed by atoms with van der Waals surface area (Å²) < 4.78 is 43.1. The fraction of sp³-hybridized carbons (Fsp3) is 1.00. The maximum absolute atomic E-state index is 12.6. The van der Waals surface area contributed by atoms with Crippen LogP contribution >= 0.6 is 0 Å². The topological polar surface area (TPSA) is 35.9 Å². The minimum Gasteiger partial charge on any atom is -0.390 e. The van der Waals surface area contributed by atoms with Crippen LogP contribution in [0.1, 0.15) is 19.3 Å². The number of hydrogen-bond donors (Lipinski definition) is 1. The molecule has 1 saturated carbocycles. The third kappa shape index (κ3) is 6.50. The van der Waals surface area contributed by atoms with Crippen molar-refractivity contribution in [2.24, 2.45) is 5.92 Å². The quantitative estimate of drug-likeness (QED) is 0.770. The molecule has 1 aliphatic carbocycles. The van der Waals surface area contributed by atoms with Gasteiger partial charge in [-0.3, -0.25) is 9.80 Å². The molecule has 1 aliphatic heterocycles. The molecule has 1 atom stereocenters. The minimum absolute atomic E-state index is 0.0906. The van der Waals surface area contributed by atoms with E-state index in [2.05, 4.69) is 0 Å². The predicted molar refractivity (Wildman–Crippen MR) is 73.1 cm³/mol. The predicted octanol–water partition coefficient (Wildman–Crippen LogP) is 1.34. The van der Waals surface area contributed by atoms with Gasteiger partial charge in [-0.1, -0.05) is 6.42 Å². The summed E-state index contributed by atoms with van der Waals surface area (Å²) in [5.74, 6) is 0.364. The molecule has 0 spiro atoms. The lowest BCUT2D eigenvalue weighted by atomic mass is 9.85. The molecule has 0 bridgehead atoms. The molecule has 1 heterocycles. The zero-order valence-corrected chi connectivity index (χ0v) is 12.3. The van der Waals surface area contributed by atoms with Gasteiger partial charge >= 0.3 is 6.18 Å². The van der Waals surface area contributed by atoms with Crippen LogP contribution in [0.2, 0.25) is 0 Å². The first-order valence-corrected chi connectivity index (χ1v) is 7.69. The normalized spacial score (nSPS) is 23.3. The number of nitrogens with zero attached hydrogens (tertiary/aromatic N) is 2. The average molecular weight is 310 g/mol. The summed E-state index contributed by atoms with van der Waals surface area (Å²) in [6.07, 6.45) is -1.82. The zero-order valence-electron chi connectivity index (χ0n) is 12.3. The van der Waals surface area contributed by atoms with Gasteiger partial charge in [0, 0.05) is 32.7 Å². The van der Waals surface area contributed by atoms with Crippen LogP contribution in [0, 0.1) is 5.92 Å². The summed E-state index contributed by atoms with van der Waals surface area (Å²) in [6, 6.07) is 0. The fourth-order valence-electron chi connectivity index (χ4n) is 2.94. The fourth-order valence-corrected chi connectivity index (χ4v) is 2.94. The van der Waals surface area contributed by atoms with Crippen molar-refractivity contribution in [2.45, 2.75) is 31.5 Å². The van der Waals surface area contributed by atoms with E-state index in [4.69, 9.17) is 4.74 Å². The van der Waals surface area contributed by atoms with Crippen LogP contribution in [0.5, 0.6) is 0 Å². The van der Waals surface area contributed by atoms with E-state index in [-0.39, 0.29) is 6.54 Å². The molecular weight excluding hydrogens is 285 g/mol. The molecule has 0 aromatic rings. The van der Waals surface area contributed by atoms with E-state index in [0.29, 0.717) is 32.2 Å². The second kappa shape index (κ2) is 7.76. The number of hydrogen-bond acceptors (Lipinski definition) is 4. The Hall–Kier alpha value is -0.370. The van der Waals surface area contributed by atoms with Gasteiger partial charge in [0.1, 0.15) is 0 Å². The number of halogens is 3. The van der Waals surface area contributed by atoms with Crippen LogP contribution in [0.4, 0.5) is 13.2 Å². The van der Waals surface area contributed by atoms with Crippen molar-refractivity contribution < 1.29 is 23.0 Å². The number of alkyl halides is 3. The van der Waals surface area contributed by atoms with Crippen LogP contribution < -0.4 is 0 Å². The van der Waals surface area contributed by atoms with Gasteiger partial charge in [0.25, 0.3) is 0 Å². The molecule has 4 nitrogen and oxygen atoms in total. The maximum atomic E-state index is 12.6. The molecule has 0 amide bonds. The Balaban J connectivity index is 1.77. The van der Waals surface area contributed by atoms with Gasteiger partial charge in [0.05, 0.1) is 25.9 Å². The van der Waals surface area contributed by atoms with E-state index < -0.39 is 18.8 Å². The molecule has 1 unspecified atom stereocenters. The van der Waals surface area contributed by atoms with Crippen molar-refractivity contribution in [3.63, 3.8) is 0 Å². The zero-order chi connectivity index (χ0) is 15.3. The summed E-state index contributed by atoms with van der Waals surface area (Å²) in [5, 5.41) is 10.1. The maximum Gasteiger partial charge on any atom is 0.401 e. The van der Waals surface area contributed by atoms with E-state index in [1.807, 2.05) is 4.90 Å². The van der Waals surface area contributed by atoms with Gasteiger partial charge in [-0.15, -0.1) is 0 Å². The highest BCUT2D eigenvalue weighted by atomic mass is 19.4. The number of ether oxygens (including phenoxy) is 1. The third-order valence-corrected chi connectivity index (χ3v) is 4.19. The van der Waals surface area contributed by atoms with E-state index in [9.17, 15) is 18.3 Å². The highest BCUT2D eigenvalue weighted by Gasteiger charge is 2.33. The third-order valence-electron chi connectivity index (χ3n) is 4.19. The van der Waals surface area contributed by atoms with Crippen LogP contribution in [0.3, 0.4) is 0 Å². The van der Waals surface area contributed by atoms with Crippen molar-refractivity contribution in [1.82, 2.24) is 9.80 Å². The van der Waals surface area contributed by atoms with Crippen LogP contribution in [-0.2, 0) is 4.74 Å². The summed E-state index contributed by atoms with van der Waals surface area (Å²) >= 11 is 0. The number of aliphatic hydroxyl groups excluding tert-OH is 1. The number of aliphatic hydroxyl groups is 1. The molecule has 0 aromatic heterocycles. The number of morpholine rings is 1. The highest BCUT2D eigenvalue weighted by Crippen LogP contribution is 2.28. The molecule has 7 heteroatoms. The van der Waals surface area contributed by atoms with Gasteiger partial charge < -0.3 is 9.84 Å². The van der Waals surface area contributed by atoms with E-state index in [1.165, 1.54) is 4.90 Å². The van der Waals surface area contributed by atoms with Crippen molar-refractivity contribution in [2.75, 3.05) is 52.5 Å². The van der Waals surface area contributed by atoms with E-state index in [0.717, 1.165) is 32.4 Å². The standard InChI is InChI=1S/C14H25F3N2O2/c15-14(16,17)11-19(8-12-2-1-3-12)10-13(20)9-18-4-6-21-7-5-18/h12-13,20H,1-11H2. The smallest absolute Gasteiger partial charge is 0.390 e. The Morgan fingerprint density at radius 2 is 1.90 bits per heavy atom. The Labute approximate surface area is 123 Å². The molecular formula is C14H25F3N2O2. The molecule has 0 aromatic carbocycles. The lowest BCUT2D eigenvalue weighted by Gasteiger charge is -2.35. The van der Waals surface area contributed by atoms with Crippen molar-refractivity contribution >= 4 is 0 Å². The molecule has 124 valence electrons. The van der Waals surface area contributed by atoms with Crippen LogP contribution in [-0.4, -0.2) is 79.7 Å². The molecule has 2 fully saturated rings. The van der Waals surface area contributed by atoms with Gasteiger partial charge in [-0.05, 0) is 18.8 Å². The SMILES string of the molecule is OC(CN1CCOCC1)CN(CC1CCC1)CC(F)(F)F. The summed E-state index contributed by atoms with van der Waals surface area (Å²) in [5.41, 5.74) is 0. The van der Waals surface area contributed by atoms with Crippen molar-refractivity contribution in [3.05, 3.63) is 0 Å². The monoisotopic (exact) mass is 310 g/mol. The largest absolute Gasteiger partial charge is 0.401 e. The lowest BCUT2D eigenvalue weighted by molar-refractivity contribution is -0.151. The first-order valence-electron chi connectivity index (χ1n) is 7.69. The van der Waals surface area contributed by atoms with Gasteiger partial charge in [0.15, 0.2) is 0 Å². The van der Waals surface area contributed by atoms with E-state index >= 15 is 0 Å². The van der Waals surface area contributed by atoms with Gasteiger partial charge in [-0.25, -0.2) is 0 Å². The molecule has 1 saturated heterocycles. The summed E-state index contributed by atoms with van der Waals surface area (Å²) in [6.45, 7) is 2.75. The Bertz CT molecular complexity index is 305. The average Bonchev–Trinajstić information content (AvgIpc) is 2.33. The lowest BCUT2D eigenvalue weighted by Crippen LogP contribution is -2.47. The first kappa shape index (κ1) is 17.0. The second-order valence-corrected chi connectivity index (χ2v) is 6.17. The Morgan fingerprint density at radius 1 is 1.24 bits per heavy atom. The van der Waals surface area contributed by atoms with Gasteiger partial charge in [-0.2, -0.15) is 13.2 Å². The summed E-state index contributed by atoms with van der Waals surface area (Å²) in [7, 11) is 0. The van der Waals surface area contributed by atoms with E-state index in [1.54, 1.807) is 0 Å². The molecule has 2 rings (SSSR count). The number of rotatable bonds is 7. The Morgan fingerprint density at radius 3 is 2.43 bits per heavy atom. The first-order chi connectivity index (χ1) is 9.92. The number of β-amino-alcohol motifs (C(OH)–C–C–N with tert-alkyl or cyclic N) is 1. The van der Waals surface area contributed by atoms with Crippen molar-refractivity contribution in [3.8, 4) is 0 Å². The minimum atomic E-state index is -4.21. The highest BCUT2D eigenvalue weighted by molar-refractivity contribution is 4.78. The van der Waals surface area contributed by atoms with Crippen molar-refractivity contribution in [1.29, 1.82) is 0 Å². The molecule has 0 radical (unpaired) electrons. The van der Waals surface area contributed by atoms with Crippen LogP contribution in [0.25, 0.3) is 0 Å². The molecule has 2 aliphatic rings. The Kier molecular flexibility index (Phi) is 6.28.